The SMILES string of the molecule is CNC(=O)c1cc(F)c(-c2nc3cc(C)ccn3c2C=C2COCCN(C(=O)OC(C)(C)C)C2)c(F)c1. The highest BCUT2D eigenvalue weighted by molar-refractivity contribution is 5.94. The number of carbonyl (C=O) groups is 2. The van der Waals surface area contributed by atoms with Gasteiger partial charge in [-0.15, -0.1) is 0 Å². The van der Waals surface area contributed by atoms with Gasteiger partial charge in [-0.05, 0) is 69.2 Å². The lowest BCUT2D eigenvalue weighted by Gasteiger charge is -2.26. The van der Waals surface area contributed by atoms with Crippen LogP contribution >= 0.6 is 0 Å². The number of imidazole rings is 1. The lowest BCUT2D eigenvalue weighted by Crippen LogP contribution is -2.38. The van der Waals surface area contributed by atoms with Crippen molar-refractivity contribution in [2.75, 3.05) is 33.4 Å². The number of hydrogen-bond donors (Lipinski definition) is 1. The zero-order valence-corrected chi connectivity index (χ0v) is 21.5. The van der Waals surface area contributed by atoms with Gasteiger partial charge >= 0.3 is 6.09 Å². The minimum absolute atomic E-state index is 0.0737. The summed E-state index contributed by atoms with van der Waals surface area (Å²) in [5.41, 5.74) is 1.48. The van der Waals surface area contributed by atoms with Crippen LogP contribution in [0.4, 0.5) is 13.6 Å². The van der Waals surface area contributed by atoms with E-state index in [4.69, 9.17) is 9.47 Å². The second-order valence-corrected chi connectivity index (χ2v) is 9.93. The summed E-state index contributed by atoms with van der Waals surface area (Å²) in [5.74, 6) is -2.42. The molecule has 0 atom stereocenters. The normalized spacial score (nSPS) is 15.6. The van der Waals surface area contributed by atoms with Gasteiger partial charge in [-0.3, -0.25) is 9.20 Å². The third-order valence-corrected chi connectivity index (χ3v) is 5.77. The number of aryl methyl sites for hydroxylation is 1. The molecule has 1 aliphatic rings. The zero-order chi connectivity index (χ0) is 26.9. The highest BCUT2D eigenvalue weighted by Gasteiger charge is 2.26. The minimum atomic E-state index is -0.911. The number of hydrogen-bond acceptors (Lipinski definition) is 5. The molecule has 0 radical (unpaired) electrons. The Morgan fingerprint density at radius 3 is 2.54 bits per heavy atom. The number of rotatable bonds is 3. The van der Waals surface area contributed by atoms with E-state index in [1.165, 1.54) is 11.9 Å². The van der Waals surface area contributed by atoms with E-state index in [0.717, 1.165) is 17.7 Å². The molecule has 1 fully saturated rings. The van der Waals surface area contributed by atoms with Gasteiger partial charge in [0.1, 0.15) is 28.6 Å². The molecule has 1 N–H and O–H groups in total. The lowest BCUT2D eigenvalue weighted by atomic mass is 10.0. The number of nitrogens with one attached hydrogen (secondary N) is 1. The van der Waals surface area contributed by atoms with Gasteiger partial charge in [0.05, 0.1) is 24.5 Å². The van der Waals surface area contributed by atoms with Crippen molar-refractivity contribution in [1.82, 2.24) is 19.6 Å². The second-order valence-electron chi connectivity index (χ2n) is 9.93. The van der Waals surface area contributed by atoms with Gasteiger partial charge in [0.25, 0.3) is 5.91 Å². The Morgan fingerprint density at radius 1 is 1.19 bits per heavy atom. The number of benzene rings is 1. The predicted octanol–water partition coefficient (Wildman–Crippen LogP) is 4.60. The molecule has 8 nitrogen and oxygen atoms in total. The van der Waals surface area contributed by atoms with E-state index in [1.54, 1.807) is 43.5 Å². The summed E-state index contributed by atoms with van der Waals surface area (Å²) < 4.78 is 43.5. The van der Waals surface area contributed by atoms with Gasteiger partial charge in [0.15, 0.2) is 0 Å². The van der Waals surface area contributed by atoms with Crippen LogP contribution in [0.2, 0.25) is 0 Å². The summed E-state index contributed by atoms with van der Waals surface area (Å²) in [4.78, 5) is 30.8. The minimum Gasteiger partial charge on any atom is -0.444 e. The van der Waals surface area contributed by atoms with Crippen molar-refractivity contribution in [2.45, 2.75) is 33.3 Å². The van der Waals surface area contributed by atoms with Crippen molar-refractivity contribution in [3.8, 4) is 11.3 Å². The maximum atomic E-state index is 15.3. The van der Waals surface area contributed by atoms with Crippen LogP contribution in [0.1, 0.15) is 42.4 Å². The summed E-state index contributed by atoms with van der Waals surface area (Å²) in [6, 6.07) is 5.64. The van der Waals surface area contributed by atoms with Crippen LogP contribution in [0.3, 0.4) is 0 Å². The molecule has 3 heterocycles. The molecule has 3 aromatic rings. The number of amides is 2. The smallest absolute Gasteiger partial charge is 0.410 e. The van der Waals surface area contributed by atoms with E-state index >= 15 is 8.78 Å². The monoisotopic (exact) mass is 512 g/mol. The van der Waals surface area contributed by atoms with Gasteiger partial charge in [-0.1, -0.05) is 0 Å². The first kappa shape index (κ1) is 26.3. The van der Waals surface area contributed by atoms with E-state index in [1.807, 2.05) is 13.0 Å². The molecule has 1 saturated heterocycles. The zero-order valence-electron chi connectivity index (χ0n) is 21.5. The molecule has 37 heavy (non-hydrogen) atoms. The van der Waals surface area contributed by atoms with Crippen molar-refractivity contribution in [1.29, 1.82) is 0 Å². The molecule has 1 aliphatic heterocycles. The molecule has 10 heteroatoms. The Kier molecular flexibility index (Phi) is 7.31. The predicted molar refractivity (Wildman–Crippen MR) is 135 cm³/mol. The summed E-state index contributed by atoms with van der Waals surface area (Å²) in [6.07, 6.45) is 3.03. The Morgan fingerprint density at radius 2 is 1.89 bits per heavy atom. The fraction of sp³-hybridized carbons (Fsp3) is 0.370. The number of carbonyl (C=O) groups excluding carboxylic acids is 2. The van der Waals surface area contributed by atoms with Crippen LogP contribution in [0, 0.1) is 18.6 Å². The Labute approximate surface area is 213 Å². The van der Waals surface area contributed by atoms with Crippen LogP contribution in [-0.2, 0) is 9.47 Å². The van der Waals surface area contributed by atoms with Crippen molar-refractivity contribution >= 4 is 23.7 Å². The Balaban J connectivity index is 1.83. The van der Waals surface area contributed by atoms with Gasteiger partial charge in [-0.2, -0.15) is 0 Å². The first-order valence-electron chi connectivity index (χ1n) is 11.9. The second kappa shape index (κ2) is 10.3. The lowest BCUT2D eigenvalue weighted by molar-refractivity contribution is 0.0249. The Hall–Kier alpha value is -3.79. The molecule has 0 unspecified atom stereocenters. The number of ether oxygens (including phenoxy) is 2. The summed E-state index contributed by atoms with van der Waals surface area (Å²) in [6.45, 7) is 8.37. The molecule has 2 aromatic heterocycles. The maximum absolute atomic E-state index is 15.3. The molecule has 4 rings (SSSR count). The van der Waals surface area contributed by atoms with Gasteiger partial charge in [-0.25, -0.2) is 18.6 Å². The quantitative estimate of drug-likeness (QED) is 0.555. The molecular weight excluding hydrogens is 482 g/mol. The third-order valence-electron chi connectivity index (χ3n) is 5.77. The van der Waals surface area contributed by atoms with Gasteiger partial charge < -0.3 is 19.7 Å². The number of halogens is 2. The summed E-state index contributed by atoms with van der Waals surface area (Å²) in [7, 11) is 1.39. The van der Waals surface area contributed by atoms with Gasteiger partial charge in [0, 0.05) is 31.9 Å². The van der Waals surface area contributed by atoms with Crippen LogP contribution in [0.15, 0.2) is 36.0 Å². The molecule has 0 saturated carbocycles. The molecule has 196 valence electrons. The first-order valence-corrected chi connectivity index (χ1v) is 11.9. The van der Waals surface area contributed by atoms with E-state index in [2.05, 4.69) is 10.3 Å². The van der Waals surface area contributed by atoms with Crippen LogP contribution in [0.25, 0.3) is 23.0 Å². The highest BCUT2D eigenvalue weighted by Crippen LogP contribution is 2.32. The summed E-state index contributed by atoms with van der Waals surface area (Å²) in [5, 5.41) is 2.36. The van der Waals surface area contributed by atoms with Crippen molar-refractivity contribution in [3.05, 3.63) is 64.5 Å². The fourth-order valence-electron chi connectivity index (χ4n) is 4.07. The highest BCUT2D eigenvalue weighted by atomic mass is 19.1. The largest absolute Gasteiger partial charge is 0.444 e. The topological polar surface area (TPSA) is 85.2 Å². The molecular formula is C27H30F2N4O4. The molecule has 0 bridgehead atoms. The van der Waals surface area contributed by atoms with Crippen molar-refractivity contribution in [3.63, 3.8) is 0 Å². The molecule has 2 amide bonds. The summed E-state index contributed by atoms with van der Waals surface area (Å²) >= 11 is 0. The van der Waals surface area contributed by atoms with Crippen LogP contribution < -0.4 is 5.32 Å². The molecule has 0 spiro atoms. The maximum Gasteiger partial charge on any atom is 0.410 e. The number of pyridine rings is 1. The van der Waals surface area contributed by atoms with E-state index in [-0.39, 0.29) is 30.0 Å². The molecule has 0 aliphatic carbocycles. The average molecular weight is 513 g/mol. The third kappa shape index (κ3) is 5.80. The van der Waals surface area contributed by atoms with Gasteiger partial charge in [0.2, 0.25) is 0 Å². The van der Waals surface area contributed by atoms with E-state index in [9.17, 15) is 9.59 Å². The standard InChI is InChI=1S/C27H30F2N4O4/c1-16-6-7-33-21(11-17-14-32(8-9-36-15-17)26(35)37-27(2,3)4)24(31-22(33)10-16)23-19(28)12-18(13-20(23)29)25(34)30-5/h6-7,10-13H,8-9,14-15H2,1-5H3,(H,30,34). The van der Waals surface area contributed by atoms with Crippen LogP contribution in [0.5, 0.6) is 0 Å². The average Bonchev–Trinajstić information content (AvgIpc) is 2.98. The molecule has 1 aromatic carbocycles. The Bertz CT molecular complexity index is 1370. The van der Waals surface area contributed by atoms with Crippen LogP contribution in [-0.4, -0.2) is 65.2 Å². The van der Waals surface area contributed by atoms with E-state index in [0.29, 0.717) is 30.1 Å². The fourth-order valence-corrected chi connectivity index (χ4v) is 4.07. The van der Waals surface area contributed by atoms with Crippen molar-refractivity contribution < 1.29 is 27.8 Å². The number of aromatic nitrogens is 2. The number of fused-ring (bicyclic) bond motifs is 1. The van der Waals surface area contributed by atoms with Crippen molar-refractivity contribution in [2.24, 2.45) is 0 Å². The number of nitrogens with zero attached hydrogens (tertiary/aromatic N) is 3. The first-order chi connectivity index (χ1) is 17.5. The van der Waals surface area contributed by atoms with E-state index < -0.39 is 29.2 Å².